The summed E-state index contributed by atoms with van der Waals surface area (Å²) in [6, 6.07) is 0.243. The Kier molecular flexibility index (Phi) is 4.83. The molecule has 1 aliphatic carbocycles. The number of rotatable bonds is 3. The molecule has 1 saturated carbocycles. The quantitative estimate of drug-likeness (QED) is 0.866. The molecule has 1 heterocycles. The molecule has 110 valence electrons. The van der Waals surface area contributed by atoms with Crippen LogP contribution in [0.15, 0.2) is 0 Å². The van der Waals surface area contributed by atoms with Gasteiger partial charge in [-0.1, -0.05) is 27.2 Å². The Morgan fingerprint density at radius 3 is 2.79 bits per heavy atom. The van der Waals surface area contributed by atoms with Gasteiger partial charge < -0.3 is 10.0 Å². The van der Waals surface area contributed by atoms with Gasteiger partial charge in [0.25, 0.3) is 0 Å². The van der Waals surface area contributed by atoms with Crippen LogP contribution in [0.25, 0.3) is 0 Å². The van der Waals surface area contributed by atoms with Crippen LogP contribution in [0, 0.1) is 11.3 Å². The Bertz CT molecular complexity index is 332. The summed E-state index contributed by atoms with van der Waals surface area (Å²) in [7, 11) is 0. The number of aliphatic hydroxyl groups is 1. The lowest BCUT2D eigenvalue weighted by atomic mass is 9.66. The van der Waals surface area contributed by atoms with Gasteiger partial charge in [-0.05, 0) is 30.6 Å². The number of thioether (sulfide) groups is 1. The molecule has 0 aromatic heterocycles. The number of carbonyl (C=O) groups is 1. The van der Waals surface area contributed by atoms with E-state index in [1.54, 1.807) is 11.8 Å². The van der Waals surface area contributed by atoms with Crippen molar-refractivity contribution in [2.75, 3.05) is 18.1 Å². The number of carbonyl (C=O) groups excluding carboxylic acids is 1. The first-order chi connectivity index (χ1) is 8.95. The van der Waals surface area contributed by atoms with Crippen LogP contribution < -0.4 is 0 Å². The summed E-state index contributed by atoms with van der Waals surface area (Å²) in [6.45, 7) is 7.71. The largest absolute Gasteiger partial charge is 0.393 e. The van der Waals surface area contributed by atoms with Crippen LogP contribution >= 0.6 is 11.8 Å². The Labute approximate surface area is 121 Å². The summed E-state index contributed by atoms with van der Waals surface area (Å²) in [6.07, 6.45) is 3.60. The van der Waals surface area contributed by atoms with Crippen LogP contribution in [0.2, 0.25) is 0 Å². The minimum atomic E-state index is -0.226. The summed E-state index contributed by atoms with van der Waals surface area (Å²) in [5.74, 6) is 2.45. The second-order valence-electron chi connectivity index (χ2n) is 6.62. The highest BCUT2D eigenvalue weighted by Crippen LogP contribution is 2.43. The molecule has 2 fully saturated rings. The van der Waals surface area contributed by atoms with Crippen molar-refractivity contribution in [2.45, 2.75) is 58.6 Å². The summed E-state index contributed by atoms with van der Waals surface area (Å²) in [5, 5.41) is 10.0. The summed E-state index contributed by atoms with van der Waals surface area (Å²) >= 11 is 1.73. The minimum Gasteiger partial charge on any atom is -0.393 e. The highest BCUT2D eigenvalue weighted by Gasteiger charge is 2.42. The fourth-order valence-corrected chi connectivity index (χ4v) is 4.33. The van der Waals surface area contributed by atoms with Crippen LogP contribution in [0.5, 0.6) is 0 Å². The second-order valence-corrected chi connectivity index (χ2v) is 7.73. The van der Waals surface area contributed by atoms with Crippen molar-refractivity contribution >= 4 is 17.7 Å². The van der Waals surface area contributed by atoms with Crippen LogP contribution in [-0.4, -0.2) is 46.1 Å². The lowest BCUT2D eigenvalue weighted by Crippen LogP contribution is -2.54. The standard InChI is InChI=1S/C15H27NO2S/c1-4-15(2,3)12-6-5-11(17)9-13(12)16-7-8-19-10-14(16)18/h11-13,17H,4-10H2,1-3H3. The molecule has 0 spiro atoms. The van der Waals surface area contributed by atoms with Gasteiger partial charge in [-0.3, -0.25) is 4.79 Å². The van der Waals surface area contributed by atoms with E-state index in [1.165, 1.54) is 0 Å². The Balaban J connectivity index is 2.18. The summed E-state index contributed by atoms with van der Waals surface area (Å²) in [4.78, 5) is 14.3. The van der Waals surface area contributed by atoms with Crippen molar-refractivity contribution in [1.82, 2.24) is 4.90 Å². The minimum absolute atomic E-state index is 0.226. The van der Waals surface area contributed by atoms with Crippen molar-refractivity contribution in [3.8, 4) is 0 Å². The average Bonchev–Trinajstić information content (AvgIpc) is 2.39. The van der Waals surface area contributed by atoms with E-state index in [4.69, 9.17) is 0 Å². The zero-order valence-electron chi connectivity index (χ0n) is 12.4. The SMILES string of the molecule is CCC(C)(C)C1CCC(O)CC1N1CCSCC1=O. The normalized spacial score (nSPS) is 33.6. The van der Waals surface area contributed by atoms with Crippen molar-refractivity contribution < 1.29 is 9.90 Å². The van der Waals surface area contributed by atoms with Gasteiger partial charge in [-0.15, -0.1) is 0 Å². The number of amides is 1. The molecule has 1 saturated heterocycles. The molecule has 0 bridgehead atoms. The smallest absolute Gasteiger partial charge is 0.232 e. The first kappa shape index (κ1) is 15.2. The van der Waals surface area contributed by atoms with E-state index >= 15 is 0 Å². The van der Waals surface area contributed by atoms with Crippen molar-refractivity contribution in [3.63, 3.8) is 0 Å². The zero-order valence-corrected chi connectivity index (χ0v) is 13.2. The molecule has 3 nitrogen and oxygen atoms in total. The molecular formula is C15H27NO2S. The maximum atomic E-state index is 12.2. The maximum absolute atomic E-state index is 12.2. The molecule has 1 N–H and O–H groups in total. The van der Waals surface area contributed by atoms with Gasteiger partial charge in [0, 0.05) is 18.3 Å². The van der Waals surface area contributed by atoms with Crippen LogP contribution in [0.1, 0.15) is 46.5 Å². The fraction of sp³-hybridized carbons (Fsp3) is 0.933. The van der Waals surface area contributed by atoms with Gasteiger partial charge in [0.15, 0.2) is 0 Å². The molecule has 19 heavy (non-hydrogen) atoms. The molecule has 0 aromatic carbocycles. The molecule has 3 atom stereocenters. The molecule has 0 radical (unpaired) electrons. The Morgan fingerprint density at radius 1 is 1.42 bits per heavy atom. The zero-order chi connectivity index (χ0) is 14.0. The van der Waals surface area contributed by atoms with E-state index in [2.05, 4.69) is 25.7 Å². The summed E-state index contributed by atoms with van der Waals surface area (Å²) < 4.78 is 0. The molecular weight excluding hydrogens is 258 g/mol. The van der Waals surface area contributed by atoms with Gasteiger partial charge in [-0.25, -0.2) is 0 Å². The number of hydrogen-bond donors (Lipinski definition) is 1. The predicted octanol–water partition coefficient (Wildman–Crippen LogP) is 2.53. The van der Waals surface area contributed by atoms with Crippen molar-refractivity contribution in [1.29, 1.82) is 0 Å². The molecule has 2 rings (SSSR count). The molecule has 2 aliphatic rings. The van der Waals surface area contributed by atoms with Gasteiger partial charge >= 0.3 is 0 Å². The monoisotopic (exact) mass is 285 g/mol. The van der Waals surface area contributed by atoms with Crippen LogP contribution in [0.4, 0.5) is 0 Å². The third-order valence-electron chi connectivity index (χ3n) is 5.13. The Morgan fingerprint density at radius 2 is 2.16 bits per heavy atom. The highest BCUT2D eigenvalue weighted by atomic mass is 32.2. The van der Waals surface area contributed by atoms with Crippen molar-refractivity contribution in [3.05, 3.63) is 0 Å². The fourth-order valence-electron chi connectivity index (χ4n) is 3.52. The predicted molar refractivity (Wildman–Crippen MR) is 80.2 cm³/mol. The molecule has 3 unspecified atom stereocenters. The molecule has 4 heteroatoms. The molecule has 1 amide bonds. The Hall–Kier alpha value is -0.220. The third-order valence-corrected chi connectivity index (χ3v) is 6.05. The molecule has 1 aliphatic heterocycles. The first-order valence-corrected chi connectivity index (χ1v) is 8.66. The van der Waals surface area contributed by atoms with E-state index < -0.39 is 0 Å². The number of nitrogens with zero attached hydrogens (tertiary/aromatic N) is 1. The number of hydrogen-bond acceptors (Lipinski definition) is 3. The lowest BCUT2D eigenvalue weighted by Gasteiger charge is -2.48. The summed E-state index contributed by atoms with van der Waals surface area (Å²) in [5.41, 5.74) is 0.246. The van der Waals surface area contributed by atoms with Gasteiger partial charge in [0.1, 0.15) is 0 Å². The van der Waals surface area contributed by atoms with Crippen LogP contribution in [0.3, 0.4) is 0 Å². The van der Waals surface area contributed by atoms with Gasteiger partial charge in [0.2, 0.25) is 5.91 Å². The third kappa shape index (κ3) is 3.27. The number of aliphatic hydroxyl groups excluding tert-OH is 1. The van der Waals surface area contributed by atoms with E-state index in [1.807, 2.05) is 0 Å². The second kappa shape index (κ2) is 6.04. The van der Waals surface area contributed by atoms with Gasteiger partial charge in [-0.2, -0.15) is 11.8 Å². The first-order valence-electron chi connectivity index (χ1n) is 7.51. The highest BCUT2D eigenvalue weighted by molar-refractivity contribution is 8.00. The van der Waals surface area contributed by atoms with Crippen molar-refractivity contribution in [2.24, 2.45) is 11.3 Å². The van der Waals surface area contributed by atoms with E-state index in [0.29, 0.717) is 11.7 Å². The molecule has 0 aromatic rings. The topological polar surface area (TPSA) is 40.5 Å². The van der Waals surface area contributed by atoms with Gasteiger partial charge in [0.05, 0.1) is 11.9 Å². The average molecular weight is 285 g/mol. The van der Waals surface area contributed by atoms with Crippen LogP contribution in [-0.2, 0) is 4.79 Å². The lowest BCUT2D eigenvalue weighted by molar-refractivity contribution is -0.135. The van der Waals surface area contributed by atoms with E-state index in [9.17, 15) is 9.90 Å². The maximum Gasteiger partial charge on any atom is 0.232 e. The van der Waals surface area contributed by atoms with E-state index in [0.717, 1.165) is 38.0 Å². The van der Waals surface area contributed by atoms with E-state index in [-0.39, 0.29) is 23.5 Å².